The Morgan fingerprint density at radius 1 is 1.09 bits per heavy atom. The summed E-state index contributed by atoms with van der Waals surface area (Å²) in [5.41, 5.74) is 8.44. The Hall–Kier alpha value is -2.35. The first kappa shape index (κ1) is 12.2. The molecule has 0 spiro atoms. The first-order valence-corrected chi connectivity index (χ1v) is 7.93. The van der Waals surface area contributed by atoms with Crippen molar-refractivity contribution in [2.45, 2.75) is 31.7 Å². The van der Waals surface area contributed by atoms with Gasteiger partial charge in [0.15, 0.2) is 0 Å². The quantitative estimate of drug-likeness (QED) is 0.904. The lowest BCUT2D eigenvalue weighted by molar-refractivity contribution is -0.118. The van der Waals surface area contributed by atoms with Gasteiger partial charge in [-0.25, -0.2) is 0 Å². The van der Waals surface area contributed by atoms with Crippen molar-refractivity contribution in [2.24, 2.45) is 0 Å². The van der Waals surface area contributed by atoms with Gasteiger partial charge in [0, 0.05) is 5.57 Å². The summed E-state index contributed by atoms with van der Waals surface area (Å²) in [6.45, 7) is 2.09. The van der Waals surface area contributed by atoms with Crippen molar-refractivity contribution < 1.29 is 4.79 Å². The SMILES string of the molecule is Cc1ccc(C2(NC(=O)C3=C4C=C5CC5=C4C=C3)CC2)cc1. The van der Waals surface area contributed by atoms with Gasteiger partial charge in [0.25, 0.3) is 5.91 Å². The lowest BCUT2D eigenvalue weighted by atomic mass is 10.0. The van der Waals surface area contributed by atoms with Crippen LogP contribution < -0.4 is 5.32 Å². The minimum atomic E-state index is -0.142. The Kier molecular flexibility index (Phi) is 2.16. The normalized spacial score (nSPS) is 22.5. The minimum absolute atomic E-state index is 0.0677. The molecule has 0 aliphatic heterocycles. The van der Waals surface area contributed by atoms with Gasteiger partial charge in [-0.3, -0.25) is 4.79 Å². The number of fused-ring (bicyclic) bond motifs is 2. The van der Waals surface area contributed by atoms with Crippen LogP contribution in [0.1, 0.15) is 30.4 Å². The van der Waals surface area contributed by atoms with E-state index in [1.807, 2.05) is 6.08 Å². The largest absolute Gasteiger partial charge is 0.343 e. The molecule has 1 N–H and O–H groups in total. The van der Waals surface area contributed by atoms with Crippen LogP contribution in [0.15, 0.2) is 70.4 Å². The summed E-state index contributed by atoms with van der Waals surface area (Å²) in [5.74, 6) is 0.0677. The fourth-order valence-corrected chi connectivity index (χ4v) is 3.60. The molecule has 0 radical (unpaired) electrons. The van der Waals surface area contributed by atoms with Gasteiger partial charge in [0.05, 0.1) is 5.54 Å². The van der Waals surface area contributed by atoms with Gasteiger partial charge in [-0.05, 0) is 66.2 Å². The Balaban J connectivity index is 1.43. The van der Waals surface area contributed by atoms with Gasteiger partial charge in [-0.1, -0.05) is 35.9 Å². The van der Waals surface area contributed by atoms with Gasteiger partial charge in [-0.2, -0.15) is 0 Å². The zero-order chi connectivity index (χ0) is 14.9. The van der Waals surface area contributed by atoms with Crippen LogP contribution >= 0.6 is 0 Å². The molecule has 0 atom stereocenters. The Labute approximate surface area is 129 Å². The van der Waals surface area contributed by atoms with E-state index in [1.165, 1.54) is 27.8 Å². The average molecular weight is 287 g/mol. The zero-order valence-corrected chi connectivity index (χ0v) is 12.6. The number of hydrogen-bond donors (Lipinski definition) is 1. The van der Waals surface area contributed by atoms with E-state index in [9.17, 15) is 4.79 Å². The molecule has 1 aromatic rings. The monoisotopic (exact) mass is 287 g/mol. The highest BCUT2D eigenvalue weighted by atomic mass is 16.1. The molecule has 2 heteroatoms. The Bertz CT molecular complexity index is 842. The minimum Gasteiger partial charge on any atom is -0.343 e. The van der Waals surface area contributed by atoms with E-state index in [2.05, 4.69) is 48.7 Å². The highest BCUT2D eigenvalue weighted by Gasteiger charge is 2.46. The van der Waals surface area contributed by atoms with Gasteiger partial charge in [0.2, 0.25) is 0 Å². The van der Waals surface area contributed by atoms with Crippen LogP contribution in [0.2, 0.25) is 0 Å². The van der Waals surface area contributed by atoms with Crippen LogP contribution in [0.3, 0.4) is 0 Å². The predicted octanol–water partition coefficient (Wildman–Crippen LogP) is 3.61. The van der Waals surface area contributed by atoms with Gasteiger partial charge in [0.1, 0.15) is 0 Å². The van der Waals surface area contributed by atoms with E-state index in [-0.39, 0.29) is 11.4 Å². The van der Waals surface area contributed by atoms with Crippen molar-refractivity contribution in [3.8, 4) is 0 Å². The number of carbonyl (C=O) groups is 1. The van der Waals surface area contributed by atoms with Crippen LogP contribution in [-0.4, -0.2) is 5.91 Å². The van der Waals surface area contributed by atoms with E-state index in [0.717, 1.165) is 30.4 Å². The van der Waals surface area contributed by atoms with Crippen molar-refractivity contribution in [3.63, 3.8) is 0 Å². The number of aryl methyl sites for hydroxylation is 1. The summed E-state index contributed by atoms with van der Waals surface area (Å²) in [7, 11) is 0. The predicted molar refractivity (Wildman–Crippen MR) is 86.1 cm³/mol. The van der Waals surface area contributed by atoms with Crippen molar-refractivity contribution in [3.05, 3.63) is 81.5 Å². The number of hydrogen-bond acceptors (Lipinski definition) is 1. The van der Waals surface area contributed by atoms with Crippen LogP contribution in [0.4, 0.5) is 0 Å². The Morgan fingerprint density at radius 3 is 2.59 bits per heavy atom. The lowest BCUT2D eigenvalue weighted by Crippen LogP contribution is -2.35. The maximum Gasteiger partial charge on any atom is 0.252 e. The van der Waals surface area contributed by atoms with E-state index in [0.29, 0.717) is 0 Å². The van der Waals surface area contributed by atoms with Gasteiger partial charge in [-0.15, -0.1) is 0 Å². The van der Waals surface area contributed by atoms with Gasteiger partial charge >= 0.3 is 0 Å². The molecule has 2 nitrogen and oxygen atoms in total. The molecule has 108 valence electrons. The standard InChI is InChI=1S/C20H17NO/c1-12-2-4-14(5-3-12)20(8-9-20)21-19(22)16-7-6-15-17-10-13(17)11-18(15)16/h2-7,11H,8-10H2,1H3,(H,21,22). The molecule has 2 saturated carbocycles. The molecule has 22 heavy (non-hydrogen) atoms. The first-order valence-electron chi connectivity index (χ1n) is 7.93. The molecule has 1 amide bonds. The zero-order valence-electron chi connectivity index (χ0n) is 12.6. The lowest BCUT2D eigenvalue weighted by Gasteiger charge is -2.18. The molecule has 0 heterocycles. The molecule has 0 bridgehead atoms. The van der Waals surface area contributed by atoms with Crippen molar-refractivity contribution in [1.29, 1.82) is 0 Å². The van der Waals surface area contributed by atoms with E-state index in [1.54, 1.807) is 0 Å². The van der Waals surface area contributed by atoms with Gasteiger partial charge < -0.3 is 5.32 Å². The second kappa shape index (κ2) is 3.89. The smallest absolute Gasteiger partial charge is 0.252 e. The molecule has 2 fully saturated rings. The molecule has 0 aromatic heterocycles. The summed E-state index contributed by atoms with van der Waals surface area (Å²) in [4.78, 5) is 12.7. The molecule has 1 aromatic carbocycles. The van der Waals surface area contributed by atoms with E-state index in [4.69, 9.17) is 0 Å². The number of carbonyl (C=O) groups excluding carboxylic acids is 1. The highest BCUT2D eigenvalue weighted by Crippen LogP contribution is 2.52. The van der Waals surface area contributed by atoms with Crippen molar-refractivity contribution in [2.75, 3.05) is 0 Å². The summed E-state index contributed by atoms with van der Waals surface area (Å²) >= 11 is 0. The number of nitrogens with one attached hydrogen (secondary N) is 1. The number of benzene rings is 1. The summed E-state index contributed by atoms with van der Waals surface area (Å²) < 4.78 is 0. The average Bonchev–Trinajstić information content (AvgIpc) is 3.37. The second-order valence-corrected chi connectivity index (χ2v) is 6.80. The molecular formula is C20H17NO. The van der Waals surface area contributed by atoms with Crippen molar-refractivity contribution >= 4 is 5.91 Å². The molecule has 4 aliphatic rings. The van der Waals surface area contributed by atoms with E-state index < -0.39 is 0 Å². The molecule has 4 aliphatic carbocycles. The Morgan fingerprint density at radius 2 is 1.86 bits per heavy atom. The van der Waals surface area contributed by atoms with Crippen LogP contribution in [0.25, 0.3) is 0 Å². The fourth-order valence-electron chi connectivity index (χ4n) is 3.60. The molecule has 5 rings (SSSR count). The highest BCUT2D eigenvalue weighted by molar-refractivity contribution is 6.02. The maximum absolute atomic E-state index is 12.7. The summed E-state index contributed by atoms with van der Waals surface area (Å²) in [6.07, 6.45) is 9.44. The summed E-state index contributed by atoms with van der Waals surface area (Å²) in [5, 5.41) is 3.29. The third-order valence-corrected chi connectivity index (χ3v) is 5.22. The number of allylic oxidation sites excluding steroid dienone is 6. The molecule has 0 unspecified atom stereocenters. The van der Waals surface area contributed by atoms with Crippen LogP contribution in [0, 0.1) is 6.92 Å². The molecular weight excluding hydrogens is 270 g/mol. The third-order valence-electron chi connectivity index (χ3n) is 5.22. The van der Waals surface area contributed by atoms with Crippen LogP contribution in [0.5, 0.6) is 0 Å². The van der Waals surface area contributed by atoms with E-state index >= 15 is 0 Å². The topological polar surface area (TPSA) is 29.1 Å². The summed E-state index contributed by atoms with van der Waals surface area (Å²) in [6, 6.07) is 8.53. The van der Waals surface area contributed by atoms with Crippen LogP contribution in [-0.2, 0) is 10.3 Å². The fraction of sp³-hybridized carbons (Fsp3) is 0.250. The second-order valence-electron chi connectivity index (χ2n) is 6.80. The maximum atomic E-state index is 12.7. The molecule has 0 saturated heterocycles. The number of rotatable bonds is 3. The first-order chi connectivity index (χ1) is 10.7. The third kappa shape index (κ3) is 1.64. The number of amides is 1. The van der Waals surface area contributed by atoms with Crippen molar-refractivity contribution in [1.82, 2.24) is 5.32 Å².